The minimum Gasteiger partial charge on any atom is -0.338 e. The highest BCUT2D eigenvalue weighted by Crippen LogP contribution is 2.25. The molecule has 0 aromatic carbocycles. The van der Waals surface area contributed by atoms with Gasteiger partial charge in [0, 0.05) is 19.3 Å². The van der Waals surface area contributed by atoms with Gasteiger partial charge in [-0.25, -0.2) is 0 Å². The lowest BCUT2D eigenvalue weighted by atomic mass is 10.0. The summed E-state index contributed by atoms with van der Waals surface area (Å²) in [5.41, 5.74) is 3.67. The topological polar surface area (TPSA) is 71.2 Å². The standard InChI is InChI=1S/C12H18N4O/c1-8-6-16(7-9(8)2)12(17)10-3-4-14-5-11(10)15-13/h3-5,8-9,15H,6-7,13H2,1-2H3. The van der Waals surface area contributed by atoms with Crippen molar-refractivity contribution in [3.8, 4) is 0 Å². The summed E-state index contributed by atoms with van der Waals surface area (Å²) in [5.74, 6) is 6.51. The summed E-state index contributed by atoms with van der Waals surface area (Å²) in [6.07, 6.45) is 3.17. The first-order chi connectivity index (χ1) is 8.13. The van der Waals surface area contributed by atoms with E-state index in [4.69, 9.17) is 5.84 Å². The van der Waals surface area contributed by atoms with Crippen LogP contribution >= 0.6 is 0 Å². The van der Waals surface area contributed by atoms with E-state index in [1.807, 2.05) is 4.90 Å². The lowest BCUT2D eigenvalue weighted by Crippen LogP contribution is -2.30. The van der Waals surface area contributed by atoms with Crippen LogP contribution < -0.4 is 11.3 Å². The van der Waals surface area contributed by atoms with Crippen LogP contribution in [-0.2, 0) is 0 Å². The molecule has 1 fully saturated rings. The second-order valence-corrected chi connectivity index (χ2v) is 4.73. The van der Waals surface area contributed by atoms with Crippen LogP contribution in [0.1, 0.15) is 24.2 Å². The van der Waals surface area contributed by atoms with E-state index in [-0.39, 0.29) is 5.91 Å². The van der Waals surface area contributed by atoms with Crippen LogP contribution in [0.4, 0.5) is 5.69 Å². The van der Waals surface area contributed by atoms with E-state index in [0.717, 1.165) is 13.1 Å². The van der Waals surface area contributed by atoms with Crippen molar-refractivity contribution in [1.82, 2.24) is 9.88 Å². The lowest BCUT2D eigenvalue weighted by Gasteiger charge is -2.17. The Bertz CT molecular complexity index is 411. The highest BCUT2D eigenvalue weighted by atomic mass is 16.2. The van der Waals surface area contributed by atoms with Crippen molar-refractivity contribution in [3.63, 3.8) is 0 Å². The first-order valence-electron chi connectivity index (χ1n) is 5.83. The van der Waals surface area contributed by atoms with E-state index < -0.39 is 0 Å². The van der Waals surface area contributed by atoms with E-state index in [9.17, 15) is 4.79 Å². The van der Waals surface area contributed by atoms with Crippen molar-refractivity contribution in [2.75, 3.05) is 18.5 Å². The van der Waals surface area contributed by atoms with E-state index in [0.29, 0.717) is 23.1 Å². The number of likely N-dealkylation sites (tertiary alicyclic amines) is 1. The van der Waals surface area contributed by atoms with Crippen LogP contribution in [0.2, 0.25) is 0 Å². The van der Waals surface area contributed by atoms with Gasteiger partial charge in [0.05, 0.1) is 17.4 Å². The molecule has 0 spiro atoms. The molecule has 1 saturated heterocycles. The van der Waals surface area contributed by atoms with Crippen LogP contribution in [0.3, 0.4) is 0 Å². The Kier molecular flexibility index (Phi) is 3.28. The van der Waals surface area contributed by atoms with Crippen LogP contribution in [0.15, 0.2) is 18.5 Å². The zero-order valence-electron chi connectivity index (χ0n) is 10.2. The number of nitrogens with one attached hydrogen (secondary N) is 1. The van der Waals surface area contributed by atoms with Gasteiger partial charge >= 0.3 is 0 Å². The SMILES string of the molecule is CC1CN(C(=O)c2ccncc2NN)CC1C. The Balaban J connectivity index is 2.20. The molecule has 2 unspecified atom stereocenters. The van der Waals surface area contributed by atoms with Gasteiger partial charge in [-0.2, -0.15) is 0 Å². The smallest absolute Gasteiger partial charge is 0.256 e. The molecule has 3 N–H and O–H groups in total. The largest absolute Gasteiger partial charge is 0.338 e. The first kappa shape index (κ1) is 11.9. The zero-order chi connectivity index (χ0) is 12.4. The zero-order valence-corrected chi connectivity index (χ0v) is 10.2. The molecule has 5 nitrogen and oxygen atoms in total. The number of nitrogens with two attached hydrogens (primary N) is 1. The van der Waals surface area contributed by atoms with Gasteiger partial charge in [-0.3, -0.25) is 15.6 Å². The number of aromatic nitrogens is 1. The summed E-state index contributed by atoms with van der Waals surface area (Å²) in [5, 5.41) is 0. The molecular weight excluding hydrogens is 216 g/mol. The van der Waals surface area contributed by atoms with Gasteiger partial charge in [0.15, 0.2) is 0 Å². The Morgan fingerprint density at radius 1 is 1.47 bits per heavy atom. The molecule has 92 valence electrons. The number of carbonyl (C=O) groups is 1. The highest BCUT2D eigenvalue weighted by molar-refractivity contribution is 5.99. The fraction of sp³-hybridized carbons (Fsp3) is 0.500. The average molecular weight is 234 g/mol. The van der Waals surface area contributed by atoms with Gasteiger partial charge in [-0.1, -0.05) is 13.8 Å². The van der Waals surface area contributed by atoms with E-state index in [1.165, 1.54) is 0 Å². The molecule has 0 saturated carbocycles. The number of anilines is 1. The molecular formula is C12H18N4O. The molecule has 1 aliphatic heterocycles. The minimum atomic E-state index is 0.0246. The third kappa shape index (κ3) is 2.24. The Labute approximate surface area is 101 Å². The van der Waals surface area contributed by atoms with Crippen molar-refractivity contribution in [2.45, 2.75) is 13.8 Å². The number of carbonyl (C=O) groups excluding carboxylic acids is 1. The Morgan fingerprint density at radius 3 is 2.71 bits per heavy atom. The van der Waals surface area contributed by atoms with Gasteiger partial charge < -0.3 is 10.3 Å². The molecule has 2 heterocycles. The molecule has 5 heteroatoms. The van der Waals surface area contributed by atoms with Crippen molar-refractivity contribution in [3.05, 3.63) is 24.0 Å². The summed E-state index contributed by atoms with van der Waals surface area (Å²) in [6.45, 7) is 5.97. The Morgan fingerprint density at radius 2 is 2.12 bits per heavy atom. The molecule has 1 aromatic rings. The van der Waals surface area contributed by atoms with Crippen LogP contribution in [-0.4, -0.2) is 28.9 Å². The maximum Gasteiger partial charge on any atom is 0.256 e. The normalized spacial score (nSPS) is 23.8. The highest BCUT2D eigenvalue weighted by Gasteiger charge is 2.30. The second kappa shape index (κ2) is 4.71. The predicted molar refractivity (Wildman–Crippen MR) is 66.3 cm³/mol. The number of pyridine rings is 1. The van der Waals surface area contributed by atoms with Crippen LogP contribution in [0, 0.1) is 11.8 Å². The second-order valence-electron chi connectivity index (χ2n) is 4.73. The molecule has 2 atom stereocenters. The predicted octanol–water partition coefficient (Wildman–Crippen LogP) is 1.10. The third-order valence-corrected chi connectivity index (χ3v) is 3.48. The number of hydrogen-bond donors (Lipinski definition) is 2. The molecule has 17 heavy (non-hydrogen) atoms. The lowest BCUT2D eigenvalue weighted by molar-refractivity contribution is 0.0786. The van der Waals surface area contributed by atoms with E-state index >= 15 is 0 Å². The van der Waals surface area contributed by atoms with Crippen molar-refractivity contribution in [2.24, 2.45) is 17.7 Å². The summed E-state index contributed by atoms with van der Waals surface area (Å²) in [4.78, 5) is 18.1. The summed E-state index contributed by atoms with van der Waals surface area (Å²) in [6, 6.07) is 1.70. The van der Waals surface area contributed by atoms with E-state index in [1.54, 1.807) is 18.5 Å². The van der Waals surface area contributed by atoms with Gasteiger partial charge in [0.2, 0.25) is 0 Å². The first-order valence-corrected chi connectivity index (χ1v) is 5.83. The maximum absolute atomic E-state index is 12.3. The quantitative estimate of drug-likeness (QED) is 0.593. The molecule has 2 rings (SSSR count). The summed E-state index contributed by atoms with van der Waals surface area (Å²) < 4.78 is 0. The number of hydrogen-bond acceptors (Lipinski definition) is 4. The van der Waals surface area contributed by atoms with Crippen LogP contribution in [0.5, 0.6) is 0 Å². The van der Waals surface area contributed by atoms with E-state index in [2.05, 4.69) is 24.3 Å². The number of nitrogen functional groups attached to an aromatic ring is 1. The monoisotopic (exact) mass is 234 g/mol. The molecule has 1 aromatic heterocycles. The molecule has 1 amide bonds. The van der Waals surface area contributed by atoms with Crippen molar-refractivity contribution < 1.29 is 4.79 Å². The van der Waals surface area contributed by atoms with Gasteiger partial charge in [-0.05, 0) is 17.9 Å². The Hall–Kier alpha value is -1.62. The van der Waals surface area contributed by atoms with Gasteiger partial charge in [-0.15, -0.1) is 0 Å². The molecule has 0 radical (unpaired) electrons. The van der Waals surface area contributed by atoms with Gasteiger partial charge in [0.25, 0.3) is 5.91 Å². The number of nitrogens with zero attached hydrogens (tertiary/aromatic N) is 2. The molecule has 0 bridgehead atoms. The fourth-order valence-electron chi connectivity index (χ4n) is 2.16. The average Bonchev–Trinajstić information content (AvgIpc) is 2.68. The molecule has 1 aliphatic rings. The minimum absolute atomic E-state index is 0.0246. The fourth-order valence-corrected chi connectivity index (χ4v) is 2.16. The number of rotatable bonds is 2. The summed E-state index contributed by atoms with van der Waals surface area (Å²) in [7, 11) is 0. The number of hydrazine groups is 1. The molecule has 0 aliphatic carbocycles. The third-order valence-electron chi connectivity index (χ3n) is 3.48. The van der Waals surface area contributed by atoms with Crippen molar-refractivity contribution >= 4 is 11.6 Å². The van der Waals surface area contributed by atoms with Gasteiger partial charge in [0.1, 0.15) is 0 Å². The maximum atomic E-state index is 12.3. The number of amides is 1. The summed E-state index contributed by atoms with van der Waals surface area (Å²) >= 11 is 0. The van der Waals surface area contributed by atoms with Crippen molar-refractivity contribution in [1.29, 1.82) is 0 Å². The van der Waals surface area contributed by atoms with Crippen LogP contribution in [0.25, 0.3) is 0 Å².